The zero-order valence-corrected chi connectivity index (χ0v) is 8.64. The van der Waals surface area contributed by atoms with Crippen LogP contribution in [0.4, 0.5) is 5.69 Å². The third-order valence-electron chi connectivity index (χ3n) is 1.67. The third-order valence-corrected chi connectivity index (χ3v) is 2.21. The summed E-state index contributed by atoms with van der Waals surface area (Å²) in [6.45, 7) is 0.321. The first-order valence-corrected chi connectivity index (χ1v) is 4.50. The highest BCUT2D eigenvalue weighted by Crippen LogP contribution is 2.27. The number of carbonyl (C=O) groups excluding carboxylic acids is 1. The van der Waals surface area contributed by atoms with Gasteiger partial charge in [0.15, 0.2) is 0 Å². The topological polar surface area (TPSA) is 20.3 Å². The van der Waals surface area contributed by atoms with E-state index in [4.69, 9.17) is 23.2 Å². The molecule has 0 unspecified atom stereocenters. The van der Waals surface area contributed by atoms with Crippen molar-refractivity contribution in [1.82, 2.24) is 0 Å². The standard InChI is InChI=1S/C9H9Cl2NO/c1-12(4-5-13)9-3-2-7(10)6-8(9)11/h2-3,5-6H,4H2,1H3. The van der Waals surface area contributed by atoms with Gasteiger partial charge in [0.25, 0.3) is 0 Å². The summed E-state index contributed by atoms with van der Waals surface area (Å²) in [5, 5.41) is 1.14. The van der Waals surface area contributed by atoms with Crippen molar-refractivity contribution in [1.29, 1.82) is 0 Å². The summed E-state index contributed by atoms with van der Waals surface area (Å²) in [5.74, 6) is 0. The van der Waals surface area contributed by atoms with Gasteiger partial charge in [-0.1, -0.05) is 23.2 Å². The van der Waals surface area contributed by atoms with E-state index in [-0.39, 0.29) is 0 Å². The summed E-state index contributed by atoms with van der Waals surface area (Å²) < 4.78 is 0. The number of halogens is 2. The predicted molar refractivity (Wildman–Crippen MR) is 55.8 cm³/mol. The smallest absolute Gasteiger partial charge is 0.139 e. The van der Waals surface area contributed by atoms with Gasteiger partial charge in [0.2, 0.25) is 0 Å². The number of likely N-dealkylation sites (N-methyl/N-ethyl adjacent to an activating group) is 1. The van der Waals surface area contributed by atoms with Gasteiger partial charge in [0, 0.05) is 12.1 Å². The van der Waals surface area contributed by atoms with Crippen LogP contribution >= 0.6 is 23.2 Å². The van der Waals surface area contributed by atoms with E-state index in [1.54, 1.807) is 30.1 Å². The van der Waals surface area contributed by atoms with Crippen molar-refractivity contribution in [2.45, 2.75) is 0 Å². The predicted octanol–water partition coefficient (Wildman–Crippen LogP) is 2.63. The van der Waals surface area contributed by atoms with E-state index in [2.05, 4.69) is 0 Å². The maximum absolute atomic E-state index is 10.3. The fraction of sp³-hybridized carbons (Fsp3) is 0.222. The number of carbonyl (C=O) groups is 1. The Hall–Kier alpha value is -0.730. The van der Waals surface area contributed by atoms with Crippen LogP contribution in [-0.4, -0.2) is 19.9 Å². The van der Waals surface area contributed by atoms with Crippen LogP contribution in [0.1, 0.15) is 0 Å². The van der Waals surface area contributed by atoms with Gasteiger partial charge >= 0.3 is 0 Å². The number of hydrogen-bond donors (Lipinski definition) is 0. The Balaban J connectivity index is 2.94. The van der Waals surface area contributed by atoms with Gasteiger partial charge in [0.05, 0.1) is 17.3 Å². The lowest BCUT2D eigenvalue weighted by molar-refractivity contribution is -0.106. The van der Waals surface area contributed by atoms with E-state index < -0.39 is 0 Å². The highest BCUT2D eigenvalue weighted by molar-refractivity contribution is 6.36. The SMILES string of the molecule is CN(CC=O)c1ccc(Cl)cc1Cl. The van der Waals surface area contributed by atoms with Crippen LogP contribution in [-0.2, 0) is 4.79 Å². The average molecular weight is 218 g/mol. The van der Waals surface area contributed by atoms with Crippen molar-refractivity contribution < 1.29 is 4.79 Å². The van der Waals surface area contributed by atoms with Gasteiger partial charge in [0.1, 0.15) is 6.29 Å². The van der Waals surface area contributed by atoms with E-state index >= 15 is 0 Å². The third kappa shape index (κ3) is 2.61. The Morgan fingerprint density at radius 2 is 2.15 bits per heavy atom. The molecular weight excluding hydrogens is 209 g/mol. The van der Waals surface area contributed by atoms with Crippen LogP contribution in [0.25, 0.3) is 0 Å². The molecule has 0 aliphatic heterocycles. The van der Waals surface area contributed by atoms with E-state index in [1.807, 2.05) is 0 Å². The number of rotatable bonds is 3. The minimum absolute atomic E-state index is 0.321. The summed E-state index contributed by atoms with van der Waals surface area (Å²) in [6.07, 6.45) is 0.824. The van der Waals surface area contributed by atoms with E-state index in [0.29, 0.717) is 16.6 Å². The molecule has 0 heterocycles. The molecule has 0 amide bonds. The van der Waals surface area contributed by atoms with Gasteiger partial charge in [-0.3, -0.25) is 0 Å². The summed E-state index contributed by atoms with van der Waals surface area (Å²) in [5.41, 5.74) is 0.804. The molecule has 0 aliphatic carbocycles. The molecule has 13 heavy (non-hydrogen) atoms. The second kappa shape index (κ2) is 4.49. The lowest BCUT2D eigenvalue weighted by Crippen LogP contribution is -2.19. The number of anilines is 1. The Morgan fingerprint density at radius 1 is 1.46 bits per heavy atom. The van der Waals surface area contributed by atoms with Gasteiger partial charge in [-0.25, -0.2) is 0 Å². The summed E-state index contributed by atoms with van der Waals surface area (Å²) >= 11 is 11.6. The first kappa shape index (κ1) is 10.4. The maximum Gasteiger partial charge on any atom is 0.139 e. The van der Waals surface area contributed by atoms with Crippen molar-refractivity contribution >= 4 is 35.2 Å². The van der Waals surface area contributed by atoms with Crippen molar-refractivity contribution in [3.05, 3.63) is 28.2 Å². The summed E-state index contributed by atoms with van der Waals surface area (Å²) in [6, 6.07) is 5.18. The molecular formula is C9H9Cl2NO. The Labute approximate surface area is 87.1 Å². The highest BCUT2D eigenvalue weighted by Gasteiger charge is 2.05. The number of hydrogen-bond acceptors (Lipinski definition) is 2. The van der Waals surface area contributed by atoms with E-state index in [1.165, 1.54) is 0 Å². The monoisotopic (exact) mass is 217 g/mol. The molecule has 0 atom stereocenters. The molecule has 0 aliphatic rings. The molecule has 1 aromatic carbocycles. The molecule has 0 spiro atoms. The zero-order valence-electron chi connectivity index (χ0n) is 7.13. The van der Waals surface area contributed by atoms with Crippen LogP contribution in [0.3, 0.4) is 0 Å². The van der Waals surface area contributed by atoms with Crippen LogP contribution in [0, 0.1) is 0 Å². The highest BCUT2D eigenvalue weighted by atomic mass is 35.5. The molecule has 0 saturated carbocycles. The zero-order chi connectivity index (χ0) is 9.84. The molecule has 1 rings (SSSR count). The largest absolute Gasteiger partial charge is 0.366 e. The van der Waals surface area contributed by atoms with Crippen LogP contribution in [0.15, 0.2) is 18.2 Å². The molecule has 0 N–H and O–H groups in total. The second-order valence-electron chi connectivity index (χ2n) is 2.64. The Morgan fingerprint density at radius 3 is 2.69 bits per heavy atom. The molecule has 0 saturated heterocycles. The Bertz CT molecular complexity index is 314. The number of nitrogens with zero attached hydrogens (tertiary/aromatic N) is 1. The lowest BCUT2D eigenvalue weighted by atomic mass is 10.3. The van der Waals surface area contributed by atoms with Gasteiger partial charge < -0.3 is 9.69 Å². The van der Waals surface area contributed by atoms with Crippen LogP contribution < -0.4 is 4.90 Å². The molecule has 70 valence electrons. The number of benzene rings is 1. The maximum atomic E-state index is 10.3. The minimum Gasteiger partial charge on any atom is -0.366 e. The first-order valence-electron chi connectivity index (χ1n) is 3.75. The molecule has 2 nitrogen and oxygen atoms in total. The molecule has 0 bridgehead atoms. The van der Waals surface area contributed by atoms with E-state index in [0.717, 1.165) is 12.0 Å². The fourth-order valence-corrected chi connectivity index (χ4v) is 1.55. The average Bonchev–Trinajstić information content (AvgIpc) is 2.04. The molecule has 0 aromatic heterocycles. The number of aldehydes is 1. The quantitative estimate of drug-likeness (QED) is 0.727. The van der Waals surface area contributed by atoms with Gasteiger partial charge in [-0.15, -0.1) is 0 Å². The normalized spacial score (nSPS) is 9.77. The van der Waals surface area contributed by atoms with Crippen molar-refractivity contribution in [2.75, 3.05) is 18.5 Å². The van der Waals surface area contributed by atoms with Crippen LogP contribution in [0.5, 0.6) is 0 Å². The summed E-state index contributed by atoms with van der Waals surface area (Å²) in [7, 11) is 1.80. The van der Waals surface area contributed by atoms with Crippen molar-refractivity contribution in [2.24, 2.45) is 0 Å². The van der Waals surface area contributed by atoms with Crippen LogP contribution in [0.2, 0.25) is 10.0 Å². The first-order chi connectivity index (χ1) is 6.15. The van der Waals surface area contributed by atoms with Gasteiger partial charge in [-0.05, 0) is 18.2 Å². The van der Waals surface area contributed by atoms with Crippen molar-refractivity contribution in [3.8, 4) is 0 Å². The molecule has 1 aromatic rings. The molecule has 4 heteroatoms. The Kier molecular flexibility index (Phi) is 3.58. The fourth-order valence-electron chi connectivity index (χ4n) is 1.00. The minimum atomic E-state index is 0.321. The van der Waals surface area contributed by atoms with Crippen molar-refractivity contribution in [3.63, 3.8) is 0 Å². The summed E-state index contributed by atoms with van der Waals surface area (Å²) in [4.78, 5) is 12.0. The molecule has 0 fully saturated rings. The molecule has 0 radical (unpaired) electrons. The lowest BCUT2D eigenvalue weighted by Gasteiger charge is -2.17. The second-order valence-corrected chi connectivity index (χ2v) is 3.49. The van der Waals surface area contributed by atoms with Gasteiger partial charge in [-0.2, -0.15) is 0 Å². The van der Waals surface area contributed by atoms with E-state index in [9.17, 15) is 4.79 Å².